The molecule has 1 aliphatic rings. The fourth-order valence-electron chi connectivity index (χ4n) is 4.15. The van der Waals surface area contributed by atoms with Gasteiger partial charge in [-0.3, -0.25) is 4.57 Å². The molecule has 0 N–H and O–H groups in total. The van der Waals surface area contributed by atoms with Crippen LogP contribution in [0, 0.1) is 11.6 Å². The van der Waals surface area contributed by atoms with Crippen LogP contribution >= 0.6 is 0 Å². The van der Waals surface area contributed by atoms with E-state index in [1.54, 1.807) is 12.1 Å². The Morgan fingerprint density at radius 2 is 1.78 bits per heavy atom. The monoisotopic (exact) mass is 523 g/mol. The number of ether oxygens (including phenoxy) is 2. The molecule has 0 bridgehead atoms. The van der Waals surface area contributed by atoms with Crippen LogP contribution in [0.2, 0.25) is 0 Å². The van der Waals surface area contributed by atoms with Crippen molar-refractivity contribution in [2.45, 2.75) is 51.7 Å². The number of anilines is 1. The molecule has 3 heterocycles. The first-order valence-corrected chi connectivity index (χ1v) is 11.0. The molecule has 0 saturated heterocycles. The van der Waals surface area contributed by atoms with Gasteiger partial charge in [-0.05, 0) is 38.5 Å². The molecule has 1 aromatic carbocycles. The Morgan fingerprint density at radius 3 is 2.32 bits per heavy atom. The first-order valence-electron chi connectivity index (χ1n) is 11.0. The van der Waals surface area contributed by atoms with Gasteiger partial charge in [0.25, 0.3) is 0 Å². The SMILES string of the molecule is C=CC1(C)Cn2c(cc(OCc3cc(F)c(Oc4cnc(C(F)(F)F)nc4)c(F)c3)nc2=O)N1C(C)C. The Bertz CT molecular complexity index is 1370. The summed E-state index contributed by atoms with van der Waals surface area (Å²) in [6.07, 6.45) is -1.70. The van der Waals surface area contributed by atoms with Crippen molar-refractivity contribution >= 4 is 5.82 Å². The van der Waals surface area contributed by atoms with Gasteiger partial charge >= 0.3 is 11.9 Å². The van der Waals surface area contributed by atoms with E-state index in [4.69, 9.17) is 9.47 Å². The van der Waals surface area contributed by atoms with Crippen LogP contribution in [0.15, 0.2) is 48.0 Å². The lowest BCUT2D eigenvalue weighted by molar-refractivity contribution is -0.145. The van der Waals surface area contributed by atoms with Gasteiger partial charge in [-0.15, -0.1) is 6.58 Å². The highest BCUT2D eigenvalue weighted by molar-refractivity contribution is 5.52. The Morgan fingerprint density at radius 1 is 1.16 bits per heavy atom. The second-order valence-corrected chi connectivity index (χ2v) is 8.87. The molecule has 37 heavy (non-hydrogen) atoms. The molecular weight excluding hydrogens is 501 g/mol. The maximum atomic E-state index is 14.6. The van der Waals surface area contributed by atoms with E-state index in [2.05, 4.69) is 21.5 Å². The maximum Gasteiger partial charge on any atom is 0.451 e. The number of hydrogen-bond donors (Lipinski definition) is 0. The summed E-state index contributed by atoms with van der Waals surface area (Å²) in [5.41, 5.74) is -0.991. The number of halogens is 5. The molecule has 0 fully saturated rings. The third-order valence-electron chi connectivity index (χ3n) is 5.74. The van der Waals surface area contributed by atoms with Gasteiger partial charge in [-0.1, -0.05) is 6.08 Å². The Balaban J connectivity index is 1.52. The van der Waals surface area contributed by atoms with E-state index in [9.17, 15) is 26.7 Å². The first-order chi connectivity index (χ1) is 17.3. The second kappa shape index (κ2) is 9.45. The lowest BCUT2D eigenvalue weighted by Crippen LogP contribution is -2.46. The van der Waals surface area contributed by atoms with Gasteiger partial charge in [-0.25, -0.2) is 23.5 Å². The van der Waals surface area contributed by atoms with Gasteiger partial charge in [0.15, 0.2) is 23.1 Å². The molecule has 13 heteroatoms. The zero-order valence-corrected chi connectivity index (χ0v) is 20.0. The fourth-order valence-corrected chi connectivity index (χ4v) is 4.15. The summed E-state index contributed by atoms with van der Waals surface area (Å²) >= 11 is 0. The number of aromatic nitrogens is 4. The molecule has 1 aliphatic heterocycles. The van der Waals surface area contributed by atoms with Crippen molar-refractivity contribution in [2.24, 2.45) is 0 Å². The molecule has 196 valence electrons. The minimum Gasteiger partial charge on any atom is -0.473 e. The number of alkyl halides is 3. The molecule has 0 radical (unpaired) electrons. The number of rotatable bonds is 7. The van der Waals surface area contributed by atoms with Crippen molar-refractivity contribution < 1.29 is 31.4 Å². The average molecular weight is 523 g/mol. The molecule has 0 amide bonds. The second-order valence-electron chi connectivity index (χ2n) is 8.87. The van der Waals surface area contributed by atoms with Crippen LogP contribution in [0.5, 0.6) is 17.4 Å². The molecule has 8 nitrogen and oxygen atoms in total. The average Bonchev–Trinajstić information content (AvgIpc) is 3.13. The summed E-state index contributed by atoms with van der Waals surface area (Å²) in [7, 11) is 0. The molecule has 0 saturated carbocycles. The van der Waals surface area contributed by atoms with E-state index < -0.39 is 40.6 Å². The summed E-state index contributed by atoms with van der Waals surface area (Å²) in [5.74, 6) is -4.37. The Kier molecular flexibility index (Phi) is 6.65. The summed E-state index contributed by atoms with van der Waals surface area (Å²) in [4.78, 5) is 24.7. The molecule has 2 aromatic heterocycles. The predicted molar refractivity (Wildman–Crippen MR) is 123 cm³/mol. The predicted octanol–water partition coefficient (Wildman–Crippen LogP) is 4.87. The van der Waals surface area contributed by atoms with Crippen molar-refractivity contribution in [3.05, 3.63) is 76.8 Å². The van der Waals surface area contributed by atoms with Crippen LogP contribution in [-0.4, -0.2) is 31.1 Å². The summed E-state index contributed by atoms with van der Waals surface area (Å²) in [6.45, 7) is 9.79. The van der Waals surface area contributed by atoms with Crippen molar-refractivity contribution in [1.82, 2.24) is 19.5 Å². The Labute approximate surface area is 208 Å². The number of fused-ring (bicyclic) bond motifs is 1. The van der Waals surface area contributed by atoms with Crippen LogP contribution in [0.3, 0.4) is 0 Å². The molecule has 1 unspecified atom stereocenters. The standard InChI is InChI=1S/C24H22F5N5O3/c1-5-23(4)12-33-19(34(23)13(2)3)8-18(32-22(33)35)36-11-14-6-16(25)20(17(26)7-14)37-15-9-30-21(31-10-15)24(27,28)29/h5-10,13H,1,11-12H2,2-4H3. The number of hydrogen-bond acceptors (Lipinski definition) is 7. The lowest BCUT2D eigenvalue weighted by Gasteiger charge is -2.36. The van der Waals surface area contributed by atoms with Crippen molar-refractivity contribution in [3.8, 4) is 17.4 Å². The van der Waals surface area contributed by atoms with E-state index in [-0.39, 0.29) is 29.8 Å². The van der Waals surface area contributed by atoms with Gasteiger partial charge in [-0.2, -0.15) is 18.2 Å². The topological polar surface area (TPSA) is 82.4 Å². The van der Waals surface area contributed by atoms with Crippen molar-refractivity contribution in [3.63, 3.8) is 0 Å². The normalized spacial score (nSPS) is 17.2. The van der Waals surface area contributed by atoms with Gasteiger partial charge in [0.05, 0.1) is 24.5 Å². The molecule has 4 rings (SSSR count). The summed E-state index contributed by atoms with van der Waals surface area (Å²) < 4.78 is 79.0. The van der Waals surface area contributed by atoms with Crippen LogP contribution < -0.4 is 20.1 Å². The van der Waals surface area contributed by atoms with E-state index in [1.165, 1.54) is 4.57 Å². The van der Waals surface area contributed by atoms with E-state index in [0.717, 1.165) is 12.1 Å². The summed E-state index contributed by atoms with van der Waals surface area (Å²) in [5, 5.41) is 0. The maximum absolute atomic E-state index is 14.6. The van der Waals surface area contributed by atoms with E-state index in [1.807, 2.05) is 25.7 Å². The highest BCUT2D eigenvalue weighted by Gasteiger charge is 2.40. The molecular formula is C24H22F5N5O3. The van der Waals surface area contributed by atoms with Gasteiger partial charge in [0, 0.05) is 12.1 Å². The first kappa shape index (κ1) is 26.0. The van der Waals surface area contributed by atoms with E-state index >= 15 is 0 Å². The largest absolute Gasteiger partial charge is 0.473 e. The van der Waals surface area contributed by atoms with Gasteiger partial charge in [0.2, 0.25) is 11.7 Å². The zero-order chi connectivity index (χ0) is 27.1. The number of nitrogens with zero attached hydrogens (tertiary/aromatic N) is 5. The van der Waals surface area contributed by atoms with Crippen LogP contribution in [-0.2, 0) is 19.3 Å². The Hall–Kier alpha value is -4.03. The van der Waals surface area contributed by atoms with Crippen LogP contribution in [0.1, 0.15) is 32.2 Å². The third kappa shape index (κ3) is 5.11. The minimum absolute atomic E-state index is 0.0252. The van der Waals surface area contributed by atoms with Gasteiger partial charge < -0.3 is 14.4 Å². The quantitative estimate of drug-likeness (QED) is 0.323. The molecule has 3 aromatic rings. The highest BCUT2D eigenvalue weighted by atomic mass is 19.4. The molecule has 0 aliphatic carbocycles. The summed E-state index contributed by atoms with van der Waals surface area (Å²) in [6, 6.07) is 3.46. The zero-order valence-electron chi connectivity index (χ0n) is 20.0. The smallest absolute Gasteiger partial charge is 0.451 e. The molecule has 0 spiro atoms. The lowest BCUT2D eigenvalue weighted by atomic mass is 10.0. The highest BCUT2D eigenvalue weighted by Crippen LogP contribution is 2.36. The fraction of sp³-hybridized carbons (Fsp3) is 0.333. The van der Waals surface area contributed by atoms with Crippen LogP contribution in [0.25, 0.3) is 0 Å². The van der Waals surface area contributed by atoms with E-state index in [0.29, 0.717) is 24.8 Å². The van der Waals surface area contributed by atoms with Crippen LogP contribution in [0.4, 0.5) is 27.8 Å². The third-order valence-corrected chi connectivity index (χ3v) is 5.74. The molecule has 1 atom stereocenters. The van der Waals surface area contributed by atoms with Crippen molar-refractivity contribution in [2.75, 3.05) is 4.90 Å². The van der Waals surface area contributed by atoms with Crippen molar-refractivity contribution in [1.29, 1.82) is 0 Å². The van der Waals surface area contributed by atoms with Gasteiger partial charge in [0.1, 0.15) is 12.4 Å². The minimum atomic E-state index is -4.77. The number of benzene rings is 1.